The first-order chi connectivity index (χ1) is 10.5. The van der Waals surface area contributed by atoms with E-state index in [0.717, 1.165) is 17.8 Å². The Morgan fingerprint density at radius 2 is 1.86 bits per heavy atom. The van der Waals surface area contributed by atoms with Crippen LogP contribution in [0.1, 0.15) is 45.1 Å². The van der Waals surface area contributed by atoms with Gasteiger partial charge in [0.15, 0.2) is 5.78 Å². The lowest BCUT2D eigenvalue weighted by atomic mass is 9.71. The molecule has 114 valence electrons. The zero-order chi connectivity index (χ0) is 15.5. The number of Topliss-reactive ketones (excluding diaryl/α,β-unsaturated/α-hetero) is 1. The van der Waals surface area contributed by atoms with Gasteiger partial charge in [0.2, 0.25) is 0 Å². The molecule has 1 aromatic rings. The molecular formula is C20H22O2. The monoisotopic (exact) mass is 294 g/mol. The smallest absolute Gasteiger partial charge is 0.163 e. The van der Waals surface area contributed by atoms with Crippen LogP contribution in [0, 0.1) is 11.3 Å². The molecular weight excluding hydrogens is 272 g/mol. The number of carbonyl (C=O) groups excluding carboxylic acids is 1. The molecule has 1 aromatic carbocycles. The third-order valence-electron chi connectivity index (χ3n) is 5.28. The summed E-state index contributed by atoms with van der Waals surface area (Å²) >= 11 is 0. The highest BCUT2D eigenvalue weighted by Gasteiger charge is 2.51. The molecule has 0 amide bonds. The minimum atomic E-state index is 0.0234. The van der Waals surface area contributed by atoms with Crippen molar-refractivity contribution in [3.63, 3.8) is 0 Å². The molecule has 0 saturated carbocycles. The molecule has 0 bridgehead atoms. The molecule has 0 fully saturated rings. The second-order valence-electron chi connectivity index (χ2n) is 7.69. The number of hydrogen-bond acceptors (Lipinski definition) is 2. The summed E-state index contributed by atoms with van der Waals surface area (Å²) in [5.41, 5.74) is 3.62. The van der Waals surface area contributed by atoms with E-state index < -0.39 is 0 Å². The number of fused-ring (bicyclic) bond motifs is 2. The summed E-state index contributed by atoms with van der Waals surface area (Å²) in [6.45, 7) is 6.47. The number of ether oxygens (including phenoxy) is 1. The van der Waals surface area contributed by atoms with Gasteiger partial charge in [0.05, 0.1) is 0 Å². The van der Waals surface area contributed by atoms with Gasteiger partial charge in [0.25, 0.3) is 0 Å². The standard InChI is InChI=1S/C20H22O2/c1-12-9-15-19(17(12)13-7-5-4-6-8-13)18-14(21)10-20(2,3)11-16(18)22-15/h4-9,15,17,19H,10-11H2,1-3H3/t15-,17+,19-/m1/s1. The average Bonchev–Trinajstić information content (AvgIpc) is 2.91. The van der Waals surface area contributed by atoms with Gasteiger partial charge in [-0.1, -0.05) is 49.8 Å². The molecule has 0 radical (unpaired) electrons. The van der Waals surface area contributed by atoms with E-state index in [0.29, 0.717) is 12.2 Å². The number of carbonyl (C=O) groups is 1. The highest BCUT2D eigenvalue weighted by molar-refractivity contribution is 5.98. The number of rotatable bonds is 1. The number of ketones is 1. The highest BCUT2D eigenvalue weighted by Crippen LogP contribution is 2.54. The largest absolute Gasteiger partial charge is 0.490 e. The lowest BCUT2D eigenvalue weighted by Gasteiger charge is -2.30. The second-order valence-corrected chi connectivity index (χ2v) is 7.69. The lowest BCUT2D eigenvalue weighted by molar-refractivity contribution is -0.118. The molecule has 1 aliphatic heterocycles. The highest BCUT2D eigenvalue weighted by atomic mass is 16.5. The van der Waals surface area contributed by atoms with Gasteiger partial charge >= 0.3 is 0 Å². The van der Waals surface area contributed by atoms with Crippen molar-refractivity contribution >= 4 is 5.78 Å². The van der Waals surface area contributed by atoms with Gasteiger partial charge in [-0.3, -0.25) is 4.79 Å². The molecule has 2 heteroatoms. The summed E-state index contributed by atoms with van der Waals surface area (Å²) < 4.78 is 6.20. The van der Waals surface area contributed by atoms with Crippen LogP contribution < -0.4 is 0 Å². The van der Waals surface area contributed by atoms with Gasteiger partial charge in [-0.2, -0.15) is 0 Å². The van der Waals surface area contributed by atoms with Crippen LogP contribution in [0.3, 0.4) is 0 Å². The zero-order valence-electron chi connectivity index (χ0n) is 13.4. The second kappa shape index (κ2) is 4.58. The summed E-state index contributed by atoms with van der Waals surface area (Å²) in [6.07, 6.45) is 3.79. The van der Waals surface area contributed by atoms with Crippen molar-refractivity contribution in [3.05, 3.63) is 58.9 Å². The first-order valence-electron chi connectivity index (χ1n) is 8.12. The molecule has 0 N–H and O–H groups in total. The van der Waals surface area contributed by atoms with E-state index in [2.05, 4.69) is 51.1 Å². The Morgan fingerprint density at radius 3 is 2.59 bits per heavy atom. The Hall–Kier alpha value is -1.83. The Bertz CT molecular complexity index is 694. The van der Waals surface area contributed by atoms with E-state index in [-0.39, 0.29) is 23.4 Å². The molecule has 4 rings (SSSR count). The third-order valence-corrected chi connectivity index (χ3v) is 5.28. The zero-order valence-corrected chi connectivity index (χ0v) is 13.4. The van der Waals surface area contributed by atoms with E-state index in [1.54, 1.807) is 0 Å². The van der Waals surface area contributed by atoms with Crippen molar-refractivity contribution in [1.82, 2.24) is 0 Å². The van der Waals surface area contributed by atoms with Gasteiger partial charge in [0.1, 0.15) is 11.9 Å². The molecule has 0 unspecified atom stereocenters. The van der Waals surface area contributed by atoms with E-state index in [4.69, 9.17) is 4.74 Å². The van der Waals surface area contributed by atoms with E-state index >= 15 is 0 Å². The van der Waals surface area contributed by atoms with Crippen LogP contribution in [0.5, 0.6) is 0 Å². The minimum absolute atomic E-state index is 0.0234. The first-order valence-corrected chi connectivity index (χ1v) is 8.12. The van der Waals surface area contributed by atoms with Crippen molar-refractivity contribution in [2.24, 2.45) is 11.3 Å². The van der Waals surface area contributed by atoms with Gasteiger partial charge in [-0.25, -0.2) is 0 Å². The summed E-state index contributed by atoms with van der Waals surface area (Å²) in [7, 11) is 0. The first kappa shape index (κ1) is 13.8. The Morgan fingerprint density at radius 1 is 1.14 bits per heavy atom. The fraction of sp³-hybridized carbons (Fsp3) is 0.450. The Balaban J connectivity index is 1.77. The summed E-state index contributed by atoms with van der Waals surface area (Å²) in [5.74, 6) is 1.72. The van der Waals surface area contributed by atoms with Crippen LogP contribution in [0.2, 0.25) is 0 Å². The summed E-state index contributed by atoms with van der Waals surface area (Å²) in [4.78, 5) is 12.8. The molecule has 2 nitrogen and oxygen atoms in total. The van der Waals surface area contributed by atoms with E-state index in [1.807, 2.05) is 6.07 Å². The fourth-order valence-corrected chi connectivity index (χ4v) is 4.43. The fourth-order valence-electron chi connectivity index (χ4n) is 4.43. The predicted octanol–water partition coefficient (Wildman–Crippen LogP) is 4.39. The van der Waals surface area contributed by atoms with Crippen LogP contribution >= 0.6 is 0 Å². The van der Waals surface area contributed by atoms with Crippen molar-refractivity contribution in [3.8, 4) is 0 Å². The van der Waals surface area contributed by atoms with Crippen LogP contribution in [0.4, 0.5) is 0 Å². The summed E-state index contributed by atoms with van der Waals surface area (Å²) in [5, 5.41) is 0. The predicted molar refractivity (Wildman–Crippen MR) is 86.4 cm³/mol. The van der Waals surface area contributed by atoms with E-state index in [1.165, 1.54) is 11.1 Å². The maximum atomic E-state index is 12.8. The Kier molecular flexibility index (Phi) is 2.87. The van der Waals surface area contributed by atoms with Crippen LogP contribution in [-0.2, 0) is 9.53 Å². The maximum Gasteiger partial charge on any atom is 0.163 e. The molecule has 1 heterocycles. The molecule has 2 aliphatic carbocycles. The molecule has 22 heavy (non-hydrogen) atoms. The van der Waals surface area contributed by atoms with Crippen molar-refractivity contribution in [2.75, 3.05) is 0 Å². The van der Waals surface area contributed by atoms with Crippen LogP contribution in [0.25, 0.3) is 0 Å². The van der Waals surface area contributed by atoms with Crippen molar-refractivity contribution in [1.29, 1.82) is 0 Å². The van der Waals surface area contributed by atoms with Crippen molar-refractivity contribution in [2.45, 2.75) is 45.6 Å². The molecule has 0 aromatic heterocycles. The van der Waals surface area contributed by atoms with Gasteiger partial charge < -0.3 is 4.74 Å². The third kappa shape index (κ3) is 1.97. The quantitative estimate of drug-likeness (QED) is 0.718. The normalized spacial score (nSPS) is 32.4. The SMILES string of the molecule is CC1=C[C@H]2OC3=C(C(=O)CC(C)(C)C3)[C@H]2[C@@H]1c1ccccc1. The number of hydrogen-bond donors (Lipinski definition) is 0. The lowest BCUT2D eigenvalue weighted by Crippen LogP contribution is -2.28. The minimum Gasteiger partial charge on any atom is -0.490 e. The van der Waals surface area contributed by atoms with Gasteiger partial charge in [-0.05, 0) is 24.0 Å². The van der Waals surface area contributed by atoms with Crippen LogP contribution in [-0.4, -0.2) is 11.9 Å². The average molecular weight is 294 g/mol. The molecule has 0 saturated heterocycles. The van der Waals surface area contributed by atoms with E-state index in [9.17, 15) is 4.79 Å². The molecule has 3 atom stereocenters. The van der Waals surface area contributed by atoms with Gasteiger partial charge in [0, 0.05) is 30.3 Å². The van der Waals surface area contributed by atoms with Crippen LogP contribution in [0.15, 0.2) is 53.3 Å². The topological polar surface area (TPSA) is 26.3 Å². The number of benzene rings is 1. The molecule has 3 aliphatic rings. The molecule has 0 spiro atoms. The maximum absolute atomic E-state index is 12.8. The summed E-state index contributed by atoms with van der Waals surface area (Å²) in [6, 6.07) is 10.5. The van der Waals surface area contributed by atoms with Gasteiger partial charge in [-0.15, -0.1) is 0 Å². The Labute approximate surface area is 131 Å². The number of allylic oxidation sites excluding steroid dienone is 2. The van der Waals surface area contributed by atoms with Crippen molar-refractivity contribution < 1.29 is 9.53 Å².